The van der Waals surface area contributed by atoms with E-state index in [0.717, 1.165) is 16.9 Å². The highest BCUT2D eigenvalue weighted by Gasteiger charge is 2.20. The molecule has 11 nitrogen and oxygen atoms in total. The molecule has 3 aromatic heterocycles. The monoisotopic (exact) mass is 458 g/mol. The fourth-order valence-corrected chi connectivity index (χ4v) is 3.72. The first-order chi connectivity index (χ1) is 16.6. The number of anilines is 3. The third kappa shape index (κ3) is 4.47. The highest BCUT2D eigenvalue weighted by molar-refractivity contribution is 5.93. The quantitative estimate of drug-likeness (QED) is 0.401. The van der Waals surface area contributed by atoms with Crippen LogP contribution in [0.4, 0.5) is 17.5 Å². The molecule has 0 unspecified atom stereocenters. The SMILES string of the molecule is Nc1ncc(-c2nc(N3CCOCC3)c3ncc(-c4cccc(NC(=O)CO)c4)cc3n2)cn1. The van der Waals surface area contributed by atoms with Crippen LogP contribution in [0.1, 0.15) is 0 Å². The van der Waals surface area contributed by atoms with Gasteiger partial charge in [0.1, 0.15) is 12.1 Å². The molecule has 0 radical (unpaired) electrons. The molecule has 0 spiro atoms. The Labute approximate surface area is 194 Å². The molecule has 1 fully saturated rings. The molecule has 1 saturated heterocycles. The number of nitrogens with zero attached hydrogens (tertiary/aromatic N) is 6. The first-order valence-electron chi connectivity index (χ1n) is 10.7. The maximum atomic E-state index is 11.6. The fourth-order valence-electron chi connectivity index (χ4n) is 3.72. The number of carbonyl (C=O) groups excluding carboxylic acids is 1. The molecule has 5 rings (SSSR count). The smallest absolute Gasteiger partial charge is 0.250 e. The minimum Gasteiger partial charge on any atom is -0.387 e. The number of aliphatic hydroxyl groups excluding tert-OH is 1. The Morgan fingerprint density at radius 2 is 1.79 bits per heavy atom. The van der Waals surface area contributed by atoms with Crippen molar-refractivity contribution in [2.75, 3.05) is 48.9 Å². The van der Waals surface area contributed by atoms with Crippen LogP contribution >= 0.6 is 0 Å². The summed E-state index contributed by atoms with van der Waals surface area (Å²) in [4.78, 5) is 36.1. The number of hydrogen-bond donors (Lipinski definition) is 3. The second kappa shape index (κ2) is 9.33. The van der Waals surface area contributed by atoms with Crippen molar-refractivity contribution in [3.05, 3.63) is 48.9 Å². The lowest BCUT2D eigenvalue weighted by Gasteiger charge is -2.28. The Morgan fingerprint density at radius 3 is 2.56 bits per heavy atom. The molecule has 34 heavy (non-hydrogen) atoms. The van der Waals surface area contributed by atoms with Crippen LogP contribution in [0.2, 0.25) is 0 Å². The van der Waals surface area contributed by atoms with E-state index < -0.39 is 12.5 Å². The van der Waals surface area contributed by atoms with Gasteiger partial charge in [0, 0.05) is 42.9 Å². The summed E-state index contributed by atoms with van der Waals surface area (Å²) < 4.78 is 5.50. The van der Waals surface area contributed by atoms with Crippen LogP contribution < -0.4 is 16.0 Å². The van der Waals surface area contributed by atoms with Crippen LogP contribution in [-0.4, -0.2) is 68.8 Å². The molecule has 4 aromatic rings. The molecular formula is C23H22N8O3. The van der Waals surface area contributed by atoms with Crippen molar-refractivity contribution in [1.29, 1.82) is 0 Å². The largest absolute Gasteiger partial charge is 0.387 e. The predicted octanol–water partition coefficient (Wildman–Crippen LogP) is 1.50. The summed E-state index contributed by atoms with van der Waals surface area (Å²) in [7, 11) is 0. The van der Waals surface area contributed by atoms with Crippen molar-refractivity contribution < 1.29 is 14.6 Å². The Balaban J connectivity index is 1.61. The first-order valence-corrected chi connectivity index (χ1v) is 10.7. The van der Waals surface area contributed by atoms with Gasteiger partial charge in [-0.25, -0.2) is 19.9 Å². The van der Waals surface area contributed by atoms with E-state index >= 15 is 0 Å². The lowest BCUT2D eigenvalue weighted by molar-refractivity contribution is -0.118. The molecular weight excluding hydrogens is 436 g/mol. The number of nitrogens with one attached hydrogen (secondary N) is 1. The summed E-state index contributed by atoms with van der Waals surface area (Å²) in [5.74, 6) is 0.884. The highest BCUT2D eigenvalue weighted by atomic mass is 16.5. The predicted molar refractivity (Wildman–Crippen MR) is 127 cm³/mol. The van der Waals surface area contributed by atoms with E-state index in [0.29, 0.717) is 54.4 Å². The van der Waals surface area contributed by atoms with E-state index in [1.807, 2.05) is 24.3 Å². The average Bonchev–Trinajstić information content (AvgIpc) is 2.88. The molecule has 0 saturated carbocycles. The van der Waals surface area contributed by atoms with Crippen LogP contribution in [0.25, 0.3) is 33.5 Å². The van der Waals surface area contributed by atoms with Crippen LogP contribution in [0.3, 0.4) is 0 Å². The highest BCUT2D eigenvalue weighted by Crippen LogP contribution is 2.30. The van der Waals surface area contributed by atoms with Crippen molar-refractivity contribution in [3.63, 3.8) is 0 Å². The summed E-state index contributed by atoms with van der Waals surface area (Å²) in [6, 6.07) is 9.24. The van der Waals surface area contributed by atoms with Gasteiger partial charge in [-0.05, 0) is 23.8 Å². The summed E-state index contributed by atoms with van der Waals surface area (Å²) >= 11 is 0. The van der Waals surface area contributed by atoms with Gasteiger partial charge in [0.05, 0.1) is 24.3 Å². The first kappa shape index (κ1) is 21.6. The number of pyridine rings is 1. The van der Waals surface area contributed by atoms with Crippen LogP contribution in [0, 0.1) is 0 Å². The molecule has 4 N–H and O–H groups in total. The Bertz CT molecular complexity index is 1340. The number of aliphatic hydroxyl groups is 1. The van der Waals surface area contributed by atoms with Gasteiger partial charge in [0.15, 0.2) is 11.6 Å². The van der Waals surface area contributed by atoms with Crippen LogP contribution in [-0.2, 0) is 9.53 Å². The normalized spacial score (nSPS) is 13.7. The average molecular weight is 458 g/mol. The zero-order valence-electron chi connectivity index (χ0n) is 18.2. The Kier molecular flexibility index (Phi) is 5.93. The second-order valence-corrected chi connectivity index (χ2v) is 7.68. The molecule has 1 amide bonds. The zero-order chi connectivity index (χ0) is 23.5. The van der Waals surface area contributed by atoms with E-state index in [2.05, 4.69) is 20.2 Å². The number of hydrogen-bond acceptors (Lipinski definition) is 10. The number of fused-ring (bicyclic) bond motifs is 1. The van der Waals surface area contributed by atoms with Crippen LogP contribution in [0.5, 0.6) is 0 Å². The number of morpholine rings is 1. The number of nitrogen functional groups attached to an aromatic ring is 1. The standard InChI is InChI=1S/C23H22N8O3/c24-23-26-11-16(12-27-23)21-29-18-9-15(14-2-1-3-17(8-14)28-19(33)13-32)10-25-20(18)22(30-21)31-4-6-34-7-5-31/h1-3,8-12,32H,4-7,13H2,(H,28,33)(H2,24,26,27). The fraction of sp³-hybridized carbons (Fsp3) is 0.217. The van der Waals surface area contributed by atoms with Crippen molar-refractivity contribution in [2.24, 2.45) is 0 Å². The Morgan fingerprint density at radius 1 is 1.03 bits per heavy atom. The van der Waals surface area contributed by atoms with E-state index in [9.17, 15) is 4.79 Å². The lowest BCUT2D eigenvalue weighted by Crippen LogP contribution is -2.37. The van der Waals surface area contributed by atoms with Crippen molar-refractivity contribution >= 4 is 34.4 Å². The topological polar surface area (TPSA) is 152 Å². The molecule has 0 atom stereocenters. The second-order valence-electron chi connectivity index (χ2n) is 7.68. The molecule has 1 aliphatic rings. The molecule has 0 aliphatic carbocycles. The number of nitrogens with two attached hydrogens (primary N) is 1. The molecule has 172 valence electrons. The molecule has 0 bridgehead atoms. The minimum atomic E-state index is -0.583. The third-order valence-electron chi connectivity index (χ3n) is 5.38. The van der Waals surface area contributed by atoms with Crippen molar-refractivity contribution in [1.82, 2.24) is 24.9 Å². The maximum absolute atomic E-state index is 11.6. The van der Waals surface area contributed by atoms with Gasteiger partial charge < -0.3 is 25.8 Å². The van der Waals surface area contributed by atoms with Gasteiger partial charge in [0.2, 0.25) is 11.9 Å². The lowest BCUT2D eigenvalue weighted by atomic mass is 10.1. The number of carbonyl (C=O) groups is 1. The number of aromatic nitrogens is 5. The van der Waals surface area contributed by atoms with Gasteiger partial charge >= 0.3 is 0 Å². The molecule has 11 heteroatoms. The molecule has 1 aliphatic heterocycles. The van der Waals surface area contributed by atoms with Gasteiger partial charge in [-0.2, -0.15) is 0 Å². The van der Waals surface area contributed by atoms with Gasteiger partial charge in [0.25, 0.3) is 0 Å². The summed E-state index contributed by atoms with van der Waals surface area (Å²) in [6.45, 7) is 2.02. The molecule has 4 heterocycles. The third-order valence-corrected chi connectivity index (χ3v) is 5.38. The van der Waals surface area contributed by atoms with E-state index in [1.54, 1.807) is 24.7 Å². The van der Waals surface area contributed by atoms with Crippen LogP contribution in [0.15, 0.2) is 48.9 Å². The maximum Gasteiger partial charge on any atom is 0.250 e. The molecule has 1 aromatic carbocycles. The Hall–Kier alpha value is -4.22. The van der Waals surface area contributed by atoms with Gasteiger partial charge in [-0.15, -0.1) is 0 Å². The number of rotatable bonds is 5. The summed E-state index contributed by atoms with van der Waals surface area (Å²) in [6.07, 6.45) is 4.95. The summed E-state index contributed by atoms with van der Waals surface area (Å²) in [5, 5.41) is 11.7. The van der Waals surface area contributed by atoms with E-state index in [1.165, 1.54) is 0 Å². The van der Waals surface area contributed by atoms with E-state index in [4.69, 9.17) is 30.5 Å². The minimum absolute atomic E-state index is 0.176. The van der Waals surface area contributed by atoms with Crippen molar-refractivity contribution in [3.8, 4) is 22.5 Å². The zero-order valence-corrected chi connectivity index (χ0v) is 18.2. The van der Waals surface area contributed by atoms with Gasteiger partial charge in [-0.1, -0.05) is 12.1 Å². The summed E-state index contributed by atoms with van der Waals surface area (Å²) in [5.41, 5.74) is 9.86. The van der Waals surface area contributed by atoms with Gasteiger partial charge in [-0.3, -0.25) is 9.78 Å². The number of amides is 1. The number of benzene rings is 1. The van der Waals surface area contributed by atoms with Crippen molar-refractivity contribution in [2.45, 2.75) is 0 Å². The van der Waals surface area contributed by atoms with E-state index in [-0.39, 0.29) is 5.95 Å². The number of ether oxygens (including phenoxy) is 1.